The van der Waals surface area contributed by atoms with Crippen LogP contribution in [0.1, 0.15) is 29.6 Å². The number of anilines is 2. The van der Waals surface area contributed by atoms with E-state index in [9.17, 15) is 18.0 Å². The molecule has 4 nitrogen and oxygen atoms in total. The van der Waals surface area contributed by atoms with Crippen LogP contribution in [-0.4, -0.2) is 31.7 Å². The molecule has 0 spiro atoms. The average molecular weight is 301 g/mol. The highest BCUT2D eigenvalue weighted by molar-refractivity contribution is 5.96. The standard InChI is InChI=1S/C14H18F3N3O/c15-14(16,17)5-1-2-6-20-13(21)10-3-4-11-12(9-10)19-8-7-18-11/h3-4,9,18-19H,1-2,5-8H2,(H,20,21). The molecule has 1 aromatic carbocycles. The Morgan fingerprint density at radius 2 is 1.86 bits per heavy atom. The van der Waals surface area contributed by atoms with Crippen LogP contribution in [-0.2, 0) is 0 Å². The van der Waals surface area contributed by atoms with Crippen LogP contribution >= 0.6 is 0 Å². The van der Waals surface area contributed by atoms with Gasteiger partial charge in [0, 0.05) is 31.6 Å². The summed E-state index contributed by atoms with van der Waals surface area (Å²) < 4.78 is 35.9. The number of amides is 1. The summed E-state index contributed by atoms with van der Waals surface area (Å²) in [6, 6.07) is 5.26. The van der Waals surface area contributed by atoms with E-state index in [4.69, 9.17) is 0 Å². The second-order valence-corrected chi connectivity index (χ2v) is 4.94. The van der Waals surface area contributed by atoms with Crippen molar-refractivity contribution in [3.8, 4) is 0 Å². The minimum atomic E-state index is -4.12. The van der Waals surface area contributed by atoms with Crippen LogP contribution in [0.15, 0.2) is 18.2 Å². The molecule has 0 radical (unpaired) electrons. The number of fused-ring (bicyclic) bond motifs is 1. The van der Waals surface area contributed by atoms with Gasteiger partial charge < -0.3 is 16.0 Å². The molecule has 0 saturated heterocycles. The van der Waals surface area contributed by atoms with Gasteiger partial charge in [-0.3, -0.25) is 4.79 Å². The Bertz CT molecular complexity index is 503. The van der Waals surface area contributed by atoms with E-state index in [1.165, 1.54) is 0 Å². The van der Waals surface area contributed by atoms with Crippen molar-refractivity contribution in [1.29, 1.82) is 0 Å². The Kier molecular flexibility index (Phi) is 4.93. The van der Waals surface area contributed by atoms with Crippen molar-refractivity contribution in [2.24, 2.45) is 0 Å². The van der Waals surface area contributed by atoms with Crippen LogP contribution in [0.2, 0.25) is 0 Å². The summed E-state index contributed by atoms with van der Waals surface area (Å²) in [7, 11) is 0. The Labute approximate surface area is 121 Å². The maximum Gasteiger partial charge on any atom is 0.389 e. The average Bonchev–Trinajstić information content (AvgIpc) is 2.45. The highest BCUT2D eigenvalue weighted by Crippen LogP contribution is 2.25. The van der Waals surface area contributed by atoms with Crippen molar-refractivity contribution in [2.45, 2.75) is 25.4 Å². The molecular formula is C14H18F3N3O. The molecule has 0 saturated carbocycles. The van der Waals surface area contributed by atoms with Crippen LogP contribution in [0.5, 0.6) is 0 Å². The topological polar surface area (TPSA) is 53.2 Å². The summed E-state index contributed by atoms with van der Waals surface area (Å²) in [4.78, 5) is 11.9. The van der Waals surface area contributed by atoms with Crippen molar-refractivity contribution in [2.75, 3.05) is 30.3 Å². The third-order valence-electron chi connectivity index (χ3n) is 3.21. The SMILES string of the molecule is O=C(NCCCCC(F)(F)F)c1ccc2c(c1)NCCN2. The summed E-state index contributed by atoms with van der Waals surface area (Å²) >= 11 is 0. The molecule has 1 aliphatic rings. The smallest absolute Gasteiger partial charge is 0.382 e. The van der Waals surface area contributed by atoms with Crippen molar-refractivity contribution in [3.05, 3.63) is 23.8 Å². The number of carbonyl (C=O) groups is 1. The zero-order chi connectivity index (χ0) is 15.3. The lowest BCUT2D eigenvalue weighted by Gasteiger charge is -2.20. The van der Waals surface area contributed by atoms with E-state index in [2.05, 4.69) is 16.0 Å². The molecule has 3 N–H and O–H groups in total. The van der Waals surface area contributed by atoms with E-state index in [1.54, 1.807) is 12.1 Å². The van der Waals surface area contributed by atoms with Gasteiger partial charge in [-0.05, 0) is 31.0 Å². The monoisotopic (exact) mass is 301 g/mol. The fourth-order valence-electron chi connectivity index (χ4n) is 2.13. The first-order valence-corrected chi connectivity index (χ1v) is 6.92. The van der Waals surface area contributed by atoms with Gasteiger partial charge in [0.05, 0.1) is 11.4 Å². The van der Waals surface area contributed by atoms with Crippen molar-refractivity contribution < 1.29 is 18.0 Å². The number of alkyl halides is 3. The van der Waals surface area contributed by atoms with Gasteiger partial charge in [0.25, 0.3) is 5.91 Å². The zero-order valence-electron chi connectivity index (χ0n) is 11.5. The van der Waals surface area contributed by atoms with Gasteiger partial charge in [0.1, 0.15) is 0 Å². The van der Waals surface area contributed by atoms with Crippen LogP contribution < -0.4 is 16.0 Å². The molecule has 0 aliphatic carbocycles. The van der Waals surface area contributed by atoms with Gasteiger partial charge >= 0.3 is 6.18 Å². The number of benzene rings is 1. The van der Waals surface area contributed by atoms with Crippen LogP contribution in [0.3, 0.4) is 0 Å². The van der Waals surface area contributed by atoms with Gasteiger partial charge in [-0.25, -0.2) is 0 Å². The number of hydrogen-bond acceptors (Lipinski definition) is 3. The molecule has 0 aromatic heterocycles. The van der Waals surface area contributed by atoms with Gasteiger partial charge in [0.15, 0.2) is 0 Å². The highest BCUT2D eigenvalue weighted by Gasteiger charge is 2.25. The molecule has 2 rings (SSSR count). The fourth-order valence-corrected chi connectivity index (χ4v) is 2.13. The van der Waals surface area contributed by atoms with Gasteiger partial charge in [-0.15, -0.1) is 0 Å². The van der Waals surface area contributed by atoms with Crippen LogP contribution in [0.25, 0.3) is 0 Å². The van der Waals surface area contributed by atoms with Crippen molar-refractivity contribution >= 4 is 17.3 Å². The molecule has 1 amide bonds. The second kappa shape index (κ2) is 6.69. The Morgan fingerprint density at radius 1 is 1.14 bits per heavy atom. The lowest BCUT2D eigenvalue weighted by atomic mass is 10.1. The van der Waals surface area contributed by atoms with Crippen LogP contribution in [0.4, 0.5) is 24.5 Å². The van der Waals surface area contributed by atoms with Gasteiger partial charge in [-0.1, -0.05) is 0 Å². The predicted octanol–water partition coefficient (Wildman–Crippen LogP) is 2.99. The molecule has 0 unspecified atom stereocenters. The first-order valence-electron chi connectivity index (χ1n) is 6.92. The van der Waals surface area contributed by atoms with Gasteiger partial charge in [0.2, 0.25) is 0 Å². The summed E-state index contributed by atoms with van der Waals surface area (Å²) in [5, 5.41) is 9.02. The normalized spacial score (nSPS) is 13.9. The van der Waals surface area contributed by atoms with E-state index >= 15 is 0 Å². The third-order valence-corrected chi connectivity index (χ3v) is 3.21. The minimum absolute atomic E-state index is 0.0272. The quantitative estimate of drug-likeness (QED) is 0.733. The maximum atomic E-state index is 12.0. The summed E-state index contributed by atoms with van der Waals surface area (Å²) in [5.74, 6) is -0.266. The number of nitrogens with one attached hydrogen (secondary N) is 3. The highest BCUT2D eigenvalue weighted by atomic mass is 19.4. The van der Waals surface area contributed by atoms with Crippen molar-refractivity contribution in [1.82, 2.24) is 5.32 Å². The predicted molar refractivity (Wildman–Crippen MR) is 75.7 cm³/mol. The zero-order valence-corrected chi connectivity index (χ0v) is 11.5. The number of carbonyl (C=O) groups excluding carboxylic acids is 1. The first-order chi connectivity index (χ1) is 9.96. The van der Waals surface area contributed by atoms with E-state index in [-0.39, 0.29) is 18.9 Å². The van der Waals surface area contributed by atoms with E-state index in [0.717, 1.165) is 24.5 Å². The van der Waals surface area contributed by atoms with E-state index in [0.29, 0.717) is 12.0 Å². The number of unbranched alkanes of at least 4 members (excludes halogenated alkanes) is 1. The molecular weight excluding hydrogens is 283 g/mol. The maximum absolute atomic E-state index is 12.0. The molecule has 0 fully saturated rings. The lowest BCUT2D eigenvalue weighted by molar-refractivity contribution is -0.135. The summed E-state index contributed by atoms with van der Waals surface area (Å²) in [6.07, 6.45) is -4.59. The molecule has 1 heterocycles. The van der Waals surface area contributed by atoms with Crippen molar-refractivity contribution in [3.63, 3.8) is 0 Å². The van der Waals surface area contributed by atoms with Crippen LogP contribution in [0, 0.1) is 0 Å². The lowest BCUT2D eigenvalue weighted by Crippen LogP contribution is -2.26. The molecule has 21 heavy (non-hydrogen) atoms. The Hall–Kier alpha value is -1.92. The minimum Gasteiger partial charge on any atom is -0.382 e. The number of rotatable bonds is 5. The molecule has 0 atom stereocenters. The molecule has 0 bridgehead atoms. The molecule has 116 valence electrons. The largest absolute Gasteiger partial charge is 0.389 e. The van der Waals surface area contributed by atoms with E-state index in [1.807, 2.05) is 6.07 Å². The first kappa shape index (κ1) is 15.5. The molecule has 1 aromatic rings. The second-order valence-electron chi connectivity index (χ2n) is 4.94. The molecule has 1 aliphatic heterocycles. The number of halogens is 3. The Balaban J connectivity index is 1.78. The third kappa shape index (κ3) is 4.84. The summed E-state index contributed by atoms with van der Waals surface area (Å²) in [6.45, 7) is 1.87. The summed E-state index contributed by atoms with van der Waals surface area (Å²) in [5.41, 5.74) is 2.31. The number of hydrogen-bond donors (Lipinski definition) is 3. The van der Waals surface area contributed by atoms with E-state index < -0.39 is 12.6 Å². The fraction of sp³-hybridized carbons (Fsp3) is 0.500. The molecule has 7 heteroatoms. The Morgan fingerprint density at radius 3 is 2.57 bits per heavy atom. The van der Waals surface area contributed by atoms with Gasteiger partial charge in [-0.2, -0.15) is 13.2 Å².